The van der Waals surface area contributed by atoms with E-state index in [1.807, 2.05) is 30.3 Å². The monoisotopic (exact) mass is 483 g/mol. The lowest BCUT2D eigenvalue weighted by Gasteiger charge is -2.09. The van der Waals surface area contributed by atoms with Gasteiger partial charge in [-0.3, -0.25) is 14.9 Å². The maximum absolute atomic E-state index is 12.6. The van der Waals surface area contributed by atoms with Crippen LogP contribution in [0, 0.1) is 10.1 Å². The van der Waals surface area contributed by atoms with Crippen molar-refractivity contribution in [2.24, 2.45) is 0 Å². The number of esters is 1. The lowest BCUT2D eigenvalue weighted by molar-refractivity contribution is -0.384. The van der Waals surface area contributed by atoms with Gasteiger partial charge in [-0.2, -0.15) is 0 Å². The van der Waals surface area contributed by atoms with Crippen LogP contribution < -0.4 is 10.0 Å². The number of hydrogen-bond donors (Lipinski definition) is 2. The third kappa shape index (κ3) is 6.24. The quantitative estimate of drug-likeness (QED) is 0.270. The number of anilines is 1. The van der Waals surface area contributed by atoms with Crippen LogP contribution in [0.5, 0.6) is 0 Å². The zero-order valence-corrected chi connectivity index (χ0v) is 18.9. The Morgan fingerprint density at radius 3 is 2.24 bits per heavy atom. The molecule has 3 aromatic carbocycles. The zero-order chi connectivity index (χ0) is 24.7. The number of nitrogens with zero attached hydrogens (tertiary/aromatic N) is 1. The number of nitrogens with one attached hydrogen (secondary N) is 2. The molecular weight excluding hydrogens is 462 g/mol. The van der Waals surface area contributed by atoms with Crippen LogP contribution in [0.2, 0.25) is 0 Å². The molecule has 34 heavy (non-hydrogen) atoms. The largest absolute Gasteiger partial charge is 0.465 e. The molecular formula is C23H21N3O7S. The Morgan fingerprint density at radius 1 is 0.971 bits per heavy atom. The van der Waals surface area contributed by atoms with Crippen molar-refractivity contribution >= 4 is 33.3 Å². The highest BCUT2D eigenvalue weighted by Crippen LogP contribution is 2.20. The first-order valence-corrected chi connectivity index (χ1v) is 11.5. The molecule has 176 valence electrons. The zero-order valence-electron chi connectivity index (χ0n) is 18.1. The molecule has 0 fully saturated rings. The Kier molecular flexibility index (Phi) is 7.71. The van der Waals surface area contributed by atoms with Crippen LogP contribution in [-0.4, -0.2) is 38.9 Å². The number of rotatable bonds is 9. The van der Waals surface area contributed by atoms with Crippen LogP contribution in [0.25, 0.3) is 0 Å². The van der Waals surface area contributed by atoms with E-state index in [4.69, 9.17) is 0 Å². The predicted octanol–water partition coefficient (Wildman–Crippen LogP) is 3.15. The molecule has 3 aromatic rings. The molecule has 0 atom stereocenters. The van der Waals surface area contributed by atoms with E-state index in [1.165, 1.54) is 30.3 Å². The Morgan fingerprint density at radius 2 is 1.62 bits per heavy atom. The maximum Gasteiger partial charge on any atom is 0.338 e. The minimum Gasteiger partial charge on any atom is -0.465 e. The van der Waals surface area contributed by atoms with Gasteiger partial charge in [-0.05, 0) is 42.3 Å². The summed E-state index contributed by atoms with van der Waals surface area (Å²) in [6.07, 6.45) is 0.533. The summed E-state index contributed by atoms with van der Waals surface area (Å²) in [5.41, 5.74) is 0.536. The van der Waals surface area contributed by atoms with Gasteiger partial charge in [0, 0.05) is 29.9 Å². The number of nitro benzene ring substituents is 1. The van der Waals surface area contributed by atoms with Gasteiger partial charge >= 0.3 is 5.97 Å². The molecule has 0 aliphatic carbocycles. The molecule has 11 heteroatoms. The molecule has 2 N–H and O–H groups in total. The number of sulfonamides is 1. The summed E-state index contributed by atoms with van der Waals surface area (Å²) in [5, 5.41) is 13.7. The summed E-state index contributed by atoms with van der Waals surface area (Å²) >= 11 is 0. The number of benzene rings is 3. The topological polar surface area (TPSA) is 145 Å². The molecule has 0 bridgehead atoms. The summed E-state index contributed by atoms with van der Waals surface area (Å²) in [6, 6.07) is 18.1. The molecule has 0 aliphatic rings. The first-order chi connectivity index (χ1) is 16.2. The van der Waals surface area contributed by atoms with Gasteiger partial charge in [-0.1, -0.05) is 30.3 Å². The summed E-state index contributed by atoms with van der Waals surface area (Å²) in [7, 11) is -2.63. The number of amides is 1. The van der Waals surface area contributed by atoms with Crippen LogP contribution in [0.15, 0.2) is 77.7 Å². The first kappa shape index (κ1) is 24.6. The van der Waals surface area contributed by atoms with E-state index < -0.39 is 32.5 Å². The number of non-ortho nitro benzene ring substituents is 1. The van der Waals surface area contributed by atoms with Gasteiger partial charge in [0.25, 0.3) is 11.6 Å². The Labute approximate surface area is 195 Å². The third-order valence-corrected chi connectivity index (χ3v) is 6.26. The van der Waals surface area contributed by atoms with Crippen molar-refractivity contribution in [1.82, 2.24) is 4.72 Å². The van der Waals surface area contributed by atoms with Crippen LogP contribution in [0.4, 0.5) is 11.4 Å². The van der Waals surface area contributed by atoms with E-state index in [-0.39, 0.29) is 28.3 Å². The molecule has 10 nitrogen and oxygen atoms in total. The summed E-state index contributed by atoms with van der Waals surface area (Å²) < 4.78 is 32.1. The fraction of sp³-hybridized carbons (Fsp3) is 0.130. The first-order valence-electron chi connectivity index (χ1n) is 10.0. The van der Waals surface area contributed by atoms with E-state index in [9.17, 15) is 28.1 Å². The maximum atomic E-state index is 12.6. The number of ether oxygens (including phenoxy) is 1. The van der Waals surface area contributed by atoms with Crippen molar-refractivity contribution in [1.29, 1.82) is 0 Å². The van der Waals surface area contributed by atoms with E-state index >= 15 is 0 Å². The average molecular weight is 484 g/mol. The van der Waals surface area contributed by atoms with Crippen molar-refractivity contribution in [3.8, 4) is 0 Å². The van der Waals surface area contributed by atoms with Gasteiger partial charge in [0.2, 0.25) is 10.0 Å². The number of hydrogen-bond acceptors (Lipinski definition) is 7. The van der Waals surface area contributed by atoms with Crippen LogP contribution in [0.1, 0.15) is 26.3 Å². The number of nitro groups is 1. The molecule has 0 saturated carbocycles. The van der Waals surface area contributed by atoms with E-state index in [2.05, 4.69) is 14.8 Å². The molecule has 3 rings (SSSR count). The predicted molar refractivity (Wildman–Crippen MR) is 124 cm³/mol. The standard InChI is InChI=1S/C23H21N3O7S/c1-33-23(28)18-13-17(14-20(15-18)26(29)30)22(27)25-19-7-9-21(10-8-19)34(31,32)24-12-11-16-5-3-2-4-6-16/h2-10,13-15,24H,11-12H2,1H3,(H,25,27). The molecule has 0 heterocycles. The highest BCUT2D eigenvalue weighted by atomic mass is 32.2. The van der Waals surface area contributed by atoms with Crippen LogP contribution in [0.3, 0.4) is 0 Å². The van der Waals surface area contributed by atoms with Crippen molar-refractivity contribution in [2.45, 2.75) is 11.3 Å². The second kappa shape index (κ2) is 10.7. The van der Waals surface area contributed by atoms with Gasteiger partial charge in [0.05, 0.1) is 22.5 Å². The van der Waals surface area contributed by atoms with Gasteiger partial charge in [-0.25, -0.2) is 17.9 Å². The van der Waals surface area contributed by atoms with Crippen molar-refractivity contribution < 1.29 is 27.7 Å². The number of methoxy groups -OCH3 is 1. The average Bonchev–Trinajstić information content (AvgIpc) is 2.84. The lowest BCUT2D eigenvalue weighted by atomic mass is 10.1. The summed E-state index contributed by atoms with van der Waals surface area (Å²) in [4.78, 5) is 34.8. The SMILES string of the molecule is COC(=O)c1cc(C(=O)Nc2ccc(S(=O)(=O)NCCc3ccccc3)cc2)cc([N+](=O)[O-])c1. The van der Waals surface area contributed by atoms with Crippen molar-refractivity contribution in [3.05, 3.63) is 99.6 Å². The Balaban J connectivity index is 1.69. The van der Waals surface area contributed by atoms with Crippen molar-refractivity contribution in [3.63, 3.8) is 0 Å². The molecule has 0 aliphatic heterocycles. The van der Waals surface area contributed by atoms with Crippen LogP contribution >= 0.6 is 0 Å². The summed E-state index contributed by atoms with van der Waals surface area (Å²) in [5.74, 6) is -1.54. The second-order valence-corrected chi connectivity index (χ2v) is 8.90. The molecule has 0 saturated heterocycles. The molecule has 0 spiro atoms. The smallest absolute Gasteiger partial charge is 0.338 e. The molecule has 0 unspecified atom stereocenters. The normalized spacial score (nSPS) is 11.0. The van der Waals surface area contributed by atoms with Gasteiger partial charge in [0.15, 0.2) is 0 Å². The minimum atomic E-state index is -3.75. The van der Waals surface area contributed by atoms with Crippen molar-refractivity contribution in [2.75, 3.05) is 19.0 Å². The molecule has 1 amide bonds. The summed E-state index contributed by atoms with van der Waals surface area (Å²) in [6.45, 7) is 0.222. The van der Waals surface area contributed by atoms with E-state index in [0.29, 0.717) is 6.42 Å². The fourth-order valence-corrected chi connectivity index (χ4v) is 4.09. The fourth-order valence-electron chi connectivity index (χ4n) is 3.06. The highest BCUT2D eigenvalue weighted by Gasteiger charge is 2.19. The highest BCUT2D eigenvalue weighted by molar-refractivity contribution is 7.89. The van der Waals surface area contributed by atoms with E-state index in [1.54, 1.807) is 0 Å². The Hall–Kier alpha value is -4.09. The minimum absolute atomic E-state index is 0.0156. The number of carbonyl (C=O) groups excluding carboxylic acids is 2. The second-order valence-electron chi connectivity index (χ2n) is 7.13. The van der Waals surface area contributed by atoms with Gasteiger partial charge < -0.3 is 10.1 Å². The Bertz CT molecular complexity index is 1310. The number of carbonyl (C=O) groups is 2. The van der Waals surface area contributed by atoms with Crippen LogP contribution in [-0.2, 0) is 21.2 Å². The third-order valence-electron chi connectivity index (χ3n) is 4.78. The molecule has 0 aromatic heterocycles. The molecule has 0 radical (unpaired) electrons. The van der Waals surface area contributed by atoms with E-state index in [0.717, 1.165) is 24.8 Å². The van der Waals surface area contributed by atoms with Gasteiger partial charge in [-0.15, -0.1) is 0 Å². The van der Waals surface area contributed by atoms with Gasteiger partial charge in [0.1, 0.15) is 0 Å². The lowest BCUT2D eigenvalue weighted by Crippen LogP contribution is -2.26.